The third-order valence-electron chi connectivity index (χ3n) is 8.35. The lowest BCUT2D eigenvalue weighted by Gasteiger charge is -2.48. The second-order valence-corrected chi connectivity index (χ2v) is 13.8. The number of carboxylic acids is 1. The Labute approximate surface area is 272 Å². The molecule has 0 radical (unpaired) electrons. The van der Waals surface area contributed by atoms with E-state index in [0.717, 1.165) is 24.8 Å². The van der Waals surface area contributed by atoms with E-state index in [1.165, 1.54) is 53.7 Å². The van der Waals surface area contributed by atoms with E-state index in [-0.39, 0.29) is 30.3 Å². The minimum Gasteiger partial charge on any atom is -0.480 e. The summed E-state index contributed by atoms with van der Waals surface area (Å²) in [5.74, 6) is -2.11. The number of benzene rings is 3. The molecule has 11 nitrogen and oxygen atoms in total. The fourth-order valence-corrected chi connectivity index (χ4v) is 7.44. The van der Waals surface area contributed by atoms with Gasteiger partial charge in [0.2, 0.25) is 16.3 Å². The summed E-state index contributed by atoms with van der Waals surface area (Å²) in [6.07, 6.45) is 1.78. The van der Waals surface area contributed by atoms with Crippen molar-refractivity contribution in [3.05, 3.63) is 95.8 Å². The van der Waals surface area contributed by atoms with E-state index in [2.05, 4.69) is 5.32 Å². The first-order valence-corrected chi connectivity index (χ1v) is 16.9. The van der Waals surface area contributed by atoms with Crippen molar-refractivity contribution >= 4 is 28.1 Å². The summed E-state index contributed by atoms with van der Waals surface area (Å²) in [6, 6.07) is 19.0. The normalized spacial score (nSPS) is 17.8. The number of alkyl carbamates (subject to hydrolysis) is 1. The fraction of sp³-hybridized carbons (Fsp3) is 0.382. The number of hydrogen-bond donors (Lipinski definition) is 2. The Bertz CT molecular complexity index is 1670. The summed E-state index contributed by atoms with van der Waals surface area (Å²) in [4.78, 5) is 36.8. The van der Waals surface area contributed by atoms with E-state index in [9.17, 15) is 32.3 Å². The van der Waals surface area contributed by atoms with Crippen LogP contribution in [0, 0.1) is 11.7 Å². The molecule has 1 saturated carbocycles. The lowest BCUT2D eigenvalue weighted by atomic mass is 9.87. The lowest BCUT2D eigenvalue weighted by molar-refractivity contribution is -0.171. The summed E-state index contributed by atoms with van der Waals surface area (Å²) in [5.41, 5.74) is 0.0856. The van der Waals surface area contributed by atoms with Crippen molar-refractivity contribution in [2.24, 2.45) is 5.92 Å². The number of esters is 1. The highest BCUT2D eigenvalue weighted by Gasteiger charge is 2.52. The molecule has 3 aromatic carbocycles. The van der Waals surface area contributed by atoms with E-state index in [1.807, 2.05) is 30.3 Å². The summed E-state index contributed by atoms with van der Waals surface area (Å²) in [7, 11) is -4.03. The quantitative estimate of drug-likeness (QED) is 0.201. The van der Waals surface area contributed by atoms with E-state index in [0.29, 0.717) is 24.2 Å². The van der Waals surface area contributed by atoms with Crippen molar-refractivity contribution in [2.75, 3.05) is 13.1 Å². The van der Waals surface area contributed by atoms with Gasteiger partial charge in [0.25, 0.3) is 0 Å². The molecule has 250 valence electrons. The molecule has 3 aromatic rings. The number of rotatable bonds is 12. The van der Waals surface area contributed by atoms with Gasteiger partial charge in [0.15, 0.2) is 5.60 Å². The molecule has 2 aliphatic rings. The van der Waals surface area contributed by atoms with E-state index in [4.69, 9.17) is 14.2 Å². The van der Waals surface area contributed by atoms with Crippen LogP contribution in [0.2, 0.25) is 0 Å². The number of nitrogens with zero attached hydrogens (tertiary/aromatic N) is 1. The van der Waals surface area contributed by atoms with Gasteiger partial charge in [0, 0.05) is 13.3 Å². The number of halogens is 1. The Kier molecular flexibility index (Phi) is 10.5. The maximum Gasteiger partial charge on any atom is 0.410 e. The average molecular weight is 669 g/mol. The number of nitrogens with one attached hydrogen (secondary N) is 1. The van der Waals surface area contributed by atoms with Crippen LogP contribution >= 0.6 is 0 Å². The van der Waals surface area contributed by atoms with Crippen molar-refractivity contribution in [3.8, 4) is 5.75 Å². The van der Waals surface area contributed by atoms with Crippen molar-refractivity contribution in [1.29, 1.82) is 0 Å². The van der Waals surface area contributed by atoms with Crippen LogP contribution in [-0.2, 0) is 41.1 Å². The van der Waals surface area contributed by atoms with Crippen LogP contribution in [0.15, 0.2) is 83.8 Å². The van der Waals surface area contributed by atoms with Crippen molar-refractivity contribution in [2.45, 2.75) is 68.3 Å². The van der Waals surface area contributed by atoms with E-state index < -0.39 is 51.8 Å². The van der Waals surface area contributed by atoms with Gasteiger partial charge in [-0.3, -0.25) is 4.79 Å². The molecular formula is C34H37FN2O9S. The van der Waals surface area contributed by atoms with Crippen molar-refractivity contribution < 1.29 is 46.5 Å². The zero-order valence-electron chi connectivity index (χ0n) is 25.8. The maximum absolute atomic E-state index is 13.7. The SMILES string of the molecule is CC(OC(=O)NC(Cc1cccc(S(=O)(=O)N2CC(Oc3ccc(F)cc3)(c3ccccc3)C2)c1)C(=O)O)OC(=O)C1CCCCC1. The Morgan fingerprint density at radius 1 is 0.957 bits per heavy atom. The minimum absolute atomic E-state index is 0.0183. The van der Waals surface area contributed by atoms with Gasteiger partial charge in [-0.05, 0) is 60.4 Å². The van der Waals surface area contributed by atoms with Crippen molar-refractivity contribution in [3.63, 3.8) is 0 Å². The molecule has 5 rings (SSSR count). The topological polar surface area (TPSA) is 149 Å². The Hall–Kier alpha value is -4.49. The standard InChI is InChI=1S/C34H37FN2O9S/c1-23(44-32(40)25-10-4-2-5-11-25)45-33(41)36-30(31(38)39)20-24-9-8-14-29(19-24)47(42,43)37-21-34(22-37,26-12-6-3-7-13-26)46-28-17-15-27(35)16-18-28/h3,6-9,12-19,23,25,30H,2,4-5,10-11,20-22H2,1H3,(H,36,41)(H,38,39). The highest BCUT2D eigenvalue weighted by atomic mass is 32.2. The summed E-state index contributed by atoms with van der Waals surface area (Å²) >= 11 is 0. The lowest BCUT2D eigenvalue weighted by Crippen LogP contribution is -2.64. The minimum atomic E-state index is -4.03. The third kappa shape index (κ3) is 8.27. The number of ether oxygens (including phenoxy) is 3. The molecule has 1 heterocycles. The van der Waals surface area contributed by atoms with Crippen molar-refractivity contribution in [1.82, 2.24) is 9.62 Å². The van der Waals surface area contributed by atoms with Gasteiger partial charge >= 0.3 is 18.0 Å². The highest BCUT2D eigenvalue weighted by molar-refractivity contribution is 7.89. The summed E-state index contributed by atoms with van der Waals surface area (Å²) < 4.78 is 58.6. The van der Waals surface area contributed by atoms with Gasteiger partial charge in [-0.15, -0.1) is 0 Å². The number of hydrogen-bond acceptors (Lipinski definition) is 8. The monoisotopic (exact) mass is 668 g/mol. The fourth-order valence-electron chi connectivity index (χ4n) is 5.84. The predicted molar refractivity (Wildman–Crippen MR) is 167 cm³/mol. The van der Waals surface area contributed by atoms with E-state index in [1.54, 1.807) is 6.07 Å². The molecule has 1 saturated heterocycles. The molecule has 0 bridgehead atoms. The van der Waals surface area contributed by atoms with Crippen LogP contribution in [-0.4, -0.2) is 61.3 Å². The molecule has 2 fully saturated rings. The average Bonchev–Trinajstić information content (AvgIpc) is 3.04. The van der Waals surface area contributed by atoms with Gasteiger partial charge in [0.1, 0.15) is 17.6 Å². The molecule has 2 unspecified atom stereocenters. The molecule has 0 aromatic heterocycles. The van der Waals surface area contributed by atoms with Gasteiger partial charge in [-0.2, -0.15) is 4.31 Å². The first kappa shape index (κ1) is 33.9. The molecule has 47 heavy (non-hydrogen) atoms. The predicted octanol–water partition coefficient (Wildman–Crippen LogP) is 5.00. The number of aliphatic carboxylic acids is 1. The van der Waals surface area contributed by atoms with Gasteiger partial charge < -0.3 is 24.6 Å². The van der Waals surface area contributed by atoms with Crippen LogP contribution in [0.3, 0.4) is 0 Å². The molecule has 13 heteroatoms. The largest absolute Gasteiger partial charge is 0.480 e. The number of carbonyl (C=O) groups excluding carboxylic acids is 2. The third-order valence-corrected chi connectivity index (χ3v) is 10.1. The van der Waals surface area contributed by atoms with Crippen LogP contribution in [0.5, 0.6) is 5.75 Å². The molecule has 1 amide bonds. The first-order valence-electron chi connectivity index (χ1n) is 15.4. The molecule has 1 aliphatic carbocycles. The number of carbonyl (C=O) groups is 3. The van der Waals surface area contributed by atoms with Crippen LogP contribution in [0.4, 0.5) is 9.18 Å². The van der Waals surface area contributed by atoms with Crippen LogP contribution in [0.25, 0.3) is 0 Å². The van der Waals surface area contributed by atoms with Crippen LogP contribution in [0.1, 0.15) is 50.2 Å². The first-order chi connectivity index (χ1) is 22.4. The molecular weight excluding hydrogens is 631 g/mol. The number of sulfonamides is 1. The van der Waals surface area contributed by atoms with Gasteiger partial charge in [0.05, 0.1) is 23.9 Å². The number of amides is 1. The van der Waals surface area contributed by atoms with E-state index >= 15 is 0 Å². The summed E-state index contributed by atoms with van der Waals surface area (Å²) in [5, 5.41) is 12.0. The maximum atomic E-state index is 13.7. The molecule has 2 atom stereocenters. The summed E-state index contributed by atoms with van der Waals surface area (Å²) in [6.45, 7) is 1.34. The molecule has 1 aliphatic heterocycles. The van der Waals surface area contributed by atoms with Gasteiger partial charge in [-0.25, -0.2) is 22.4 Å². The second-order valence-electron chi connectivity index (χ2n) is 11.8. The zero-order valence-corrected chi connectivity index (χ0v) is 26.7. The number of carboxylic acid groups (broad SMARTS) is 1. The Balaban J connectivity index is 1.23. The van der Waals surface area contributed by atoms with Crippen LogP contribution < -0.4 is 10.1 Å². The second kappa shape index (κ2) is 14.5. The Morgan fingerprint density at radius 3 is 2.30 bits per heavy atom. The van der Waals surface area contributed by atoms with Gasteiger partial charge in [-0.1, -0.05) is 61.7 Å². The highest BCUT2D eigenvalue weighted by Crippen LogP contribution is 2.40. The zero-order chi connectivity index (χ0) is 33.6. The molecule has 0 spiro atoms. The smallest absolute Gasteiger partial charge is 0.410 e. The molecule has 2 N–H and O–H groups in total. The Morgan fingerprint density at radius 2 is 1.64 bits per heavy atom.